The van der Waals surface area contributed by atoms with Crippen LogP contribution in [0.4, 0.5) is 0 Å². The summed E-state index contributed by atoms with van der Waals surface area (Å²) in [6.07, 6.45) is 3.18. The quantitative estimate of drug-likeness (QED) is 0.286. The molecule has 0 saturated carbocycles. The van der Waals surface area contributed by atoms with Crippen molar-refractivity contribution in [3.05, 3.63) is 22.4 Å². The summed E-state index contributed by atoms with van der Waals surface area (Å²) >= 11 is 0. The number of hydrogen-bond acceptors (Lipinski definition) is 3. The van der Waals surface area contributed by atoms with Gasteiger partial charge in [0.15, 0.2) is 8.32 Å². The molecular weight excluding hydrogens is 246 g/mol. The van der Waals surface area contributed by atoms with Gasteiger partial charge < -0.3 is 4.43 Å². The average Bonchev–Trinajstić information content (AvgIpc) is 2.20. The molecule has 0 unspecified atom stereocenters. The Hall–Kier alpha value is -0.683. The van der Waals surface area contributed by atoms with E-state index in [2.05, 4.69) is 41.5 Å². The summed E-state index contributed by atoms with van der Waals surface area (Å²) in [5, 5.41) is 10.2. The third-order valence-corrected chi connectivity index (χ3v) is 9.69. The smallest absolute Gasteiger partial charge is 0.230 e. The van der Waals surface area contributed by atoms with Crippen molar-refractivity contribution in [3.8, 4) is 0 Å². The number of nitrogens with zero attached hydrogens (tertiary/aromatic N) is 1. The molecule has 0 spiro atoms. The molecule has 4 nitrogen and oxygen atoms in total. The van der Waals surface area contributed by atoms with Crippen LogP contribution in [0.5, 0.6) is 0 Å². The van der Waals surface area contributed by atoms with Gasteiger partial charge in [-0.15, -0.1) is 0 Å². The monoisotopic (exact) mass is 273 g/mol. The van der Waals surface area contributed by atoms with Crippen LogP contribution in [-0.4, -0.2) is 19.8 Å². The molecule has 0 saturated heterocycles. The summed E-state index contributed by atoms with van der Waals surface area (Å²) in [7, 11) is -1.81. The van der Waals surface area contributed by atoms with Gasteiger partial charge in [0.1, 0.15) is 0 Å². The molecule has 0 rings (SSSR count). The van der Waals surface area contributed by atoms with Crippen LogP contribution in [0.2, 0.25) is 16.6 Å². The summed E-state index contributed by atoms with van der Waals surface area (Å²) in [5.74, 6) is 0. The second-order valence-corrected chi connectivity index (χ2v) is 11.1. The molecule has 0 fully saturated rings. The Bertz CT molecular complexity index is 266. The van der Waals surface area contributed by atoms with Crippen LogP contribution in [0, 0.1) is 10.1 Å². The zero-order valence-electron chi connectivity index (χ0n) is 12.5. The molecular formula is C13H27NO3Si. The highest BCUT2D eigenvalue weighted by molar-refractivity contribution is 6.77. The lowest BCUT2D eigenvalue weighted by molar-refractivity contribution is -0.402. The van der Waals surface area contributed by atoms with E-state index < -0.39 is 13.2 Å². The van der Waals surface area contributed by atoms with E-state index in [-0.39, 0.29) is 0 Å². The lowest BCUT2D eigenvalue weighted by Crippen LogP contribution is -2.47. The van der Waals surface area contributed by atoms with Gasteiger partial charge in [-0.1, -0.05) is 41.5 Å². The van der Waals surface area contributed by atoms with E-state index in [4.69, 9.17) is 4.43 Å². The van der Waals surface area contributed by atoms with Crippen LogP contribution in [0.25, 0.3) is 0 Å². The van der Waals surface area contributed by atoms with Gasteiger partial charge in [-0.05, 0) is 29.1 Å². The van der Waals surface area contributed by atoms with E-state index in [1.54, 1.807) is 6.08 Å². The Balaban J connectivity index is 4.57. The molecule has 0 bridgehead atoms. The fourth-order valence-electron chi connectivity index (χ4n) is 2.96. The van der Waals surface area contributed by atoms with E-state index in [1.165, 1.54) is 0 Å². The van der Waals surface area contributed by atoms with E-state index in [1.807, 2.05) is 0 Å². The molecule has 18 heavy (non-hydrogen) atoms. The Morgan fingerprint density at radius 3 is 1.89 bits per heavy atom. The summed E-state index contributed by atoms with van der Waals surface area (Å²) in [6.45, 7) is 14.0. The third-order valence-electron chi connectivity index (χ3n) is 3.57. The molecule has 0 aromatic carbocycles. The van der Waals surface area contributed by atoms with Crippen LogP contribution < -0.4 is 0 Å². The van der Waals surface area contributed by atoms with Crippen molar-refractivity contribution < 1.29 is 9.35 Å². The van der Waals surface area contributed by atoms with Gasteiger partial charge >= 0.3 is 0 Å². The van der Waals surface area contributed by atoms with Crippen molar-refractivity contribution in [3.63, 3.8) is 0 Å². The predicted octanol–water partition coefficient (Wildman–Crippen LogP) is 4.36. The number of nitro groups is 1. The van der Waals surface area contributed by atoms with Gasteiger partial charge in [0.2, 0.25) is 6.20 Å². The van der Waals surface area contributed by atoms with Crippen molar-refractivity contribution in [2.24, 2.45) is 0 Å². The maximum atomic E-state index is 10.2. The highest BCUT2D eigenvalue weighted by Crippen LogP contribution is 2.42. The van der Waals surface area contributed by atoms with Gasteiger partial charge in [-0.25, -0.2) is 0 Å². The van der Waals surface area contributed by atoms with Gasteiger partial charge in [-0.3, -0.25) is 10.1 Å². The van der Waals surface area contributed by atoms with E-state index >= 15 is 0 Å². The largest absolute Gasteiger partial charge is 0.416 e. The van der Waals surface area contributed by atoms with Crippen LogP contribution in [-0.2, 0) is 4.43 Å². The minimum absolute atomic E-state index is 0.433. The van der Waals surface area contributed by atoms with Crippen LogP contribution >= 0.6 is 0 Å². The molecule has 0 atom stereocenters. The van der Waals surface area contributed by atoms with Crippen molar-refractivity contribution in [1.29, 1.82) is 0 Å². The zero-order valence-corrected chi connectivity index (χ0v) is 13.5. The normalized spacial score (nSPS) is 13.2. The molecule has 0 aliphatic heterocycles. The molecule has 0 heterocycles. The number of hydrogen-bond donors (Lipinski definition) is 0. The van der Waals surface area contributed by atoms with Gasteiger partial charge in [-0.2, -0.15) is 0 Å². The maximum absolute atomic E-state index is 10.2. The fourth-order valence-corrected chi connectivity index (χ4v) is 8.44. The first-order chi connectivity index (χ1) is 8.25. The molecule has 5 heteroatoms. The first kappa shape index (κ1) is 17.3. The SMILES string of the molecule is CC(C)[Si](OCCC=C[N+](=O)[O-])(C(C)C)C(C)C. The molecule has 0 aromatic rings. The van der Waals surface area contributed by atoms with Crippen molar-refractivity contribution in [1.82, 2.24) is 0 Å². The van der Waals surface area contributed by atoms with Crippen LogP contribution in [0.3, 0.4) is 0 Å². The maximum Gasteiger partial charge on any atom is 0.230 e. The third kappa shape index (κ3) is 4.53. The van der Waals surface area contributed by atoms with Gasteiger partial charge in [0.25, 0.3) is 0 Å². The van der Waals surface area contributed by atoms with Crippen molar-refractivity contribution in [2.75, 3.05) is 6.61 Å². The van der Waals surface area contributed by atoms with Crippen molar-refractivity contribution in [2.45, 2.75) is 64.6 Å². The second-order valence-electron chi connectivity index (χ2n) is 5.62. The first-order valence-corrected chi connectivity index (χ1v) is 8.83. The lowest BCUT2D eigenvalue weighted by Gasteiger charge is -2.42. The minimum atomic E-state index is -1.81. The Labute approximate surface area is 112 Å². The molecule has 0 aliphatic carbocycles. The Morgan fingerprint density at radius 2 is 1.56 bits per heavy atom. The average molecular weight is 273 g/mol. The Kier molecular flexibility index (Phi) is 7.39. The van der Waals surface area contributed by atoms with E-state index in [0.717, 1.165) is 6.20 Å². The van der Waals surface area contributed by atoms with Crippen molar-refractivity contribution >= 4 is 8.32 Å². The van der Waals surface area contributed by atoms with E-state index in [9.17, 15) is 10.1 Å². The highest BCUT2D eigenvalue weighted by atomic mass is 28.4. The van der Waals surface area contributed by atoms with Gasteiger partial charge in [0, 0.05) is 6.61 Å². The fraction of sp³-hybridized carbons (Fsp3) is 0.846. The molecule has 0 N–H and O–H groups in total. The summed E-state index contributed by atoms with van der Waals surface area (Å²) in [6, 6.07) is 0. The number of rotatable bonds is 8. The molecule has 0 radical (unpaired) electrons. The second kappa shape index (κ2) is 7.69. The van der Waals surface area contributed by atoms with Crippen LogP contribution in [0.15, 0.2) is 12.3 Å². The molecule has 106 valence electrons. The first-order valence-electron chi connectivity index (χ1n) is 6.69. The van der Waals surface area contributed by atoms with Gasteiger partial charge in [0.05, 0.1) is 4.92 Å². The summed E-state index contributed by atoms with van der Waals surface area (Å²) < 4.78 is 6.26. The molecule has 0 aromatic heterocycles. The van der Waals surface area contributed by atoms with E-state index in [0.29, 0.717) is 29.7 Å². The summed E-state index contributed by atoms with van der Waals surface area (Å²) in [5.41, 5.74) is 1.66. The summed E-state index contributed by atoms with van der Waals surface area (Å²) in [4.78, 5) is 9.74. The highest BCUT2D eigenvalue weighted by Gasteiger charge is 2.44. The molecule has 0 amide bonds. The van der Waals surface area contributed by atoms with Crippen LogP contribution in [0.1, 0.15) is 48.0 Å². The topological polar surface area (TPSA) is 52.4 Å². The Morgan fingerprint density at radius 1 is 1.11 bits per heavy atom. The molecule has 0 aliphatic rings. The zero-order chi connectivity index (χ0) is 14.3. The lowest BCUT2D eigenvalue weighted by atomic mass is 10.4. The predicted molar refractivity (Wildman–Crippen MR) is 77.8 cm³/mol. The minimum Gasteiger partial charge on any atom is -0.416 e. The standard InChI is InChI=1S/C13H27NO3Si/c1-11(2)18(12(3)4,13(5)6)17-10-8-7-9-14(15)16/h7,9,11-13H,8,10H2,1-6H3.